The molecule has 13 heteroatoms. The Bertz CT molecular complexity index is 796. The van der Waals surface area contributed by atoms with Crippen LogP contribution < -0.4 is 16.4 Å². The van der Waals surface area contributed by atoms with Gasteiger partial charge in [0.15, 0.2) is 0 Å². The topological polar surface area (TPSA) is 242 Å². The minimum absolute atomic E-state index is 0. The molecule has 3 aromatic carbocycles. The van der Waals surface area contributed by atoms with Gasteiger partial charge in [0.1, 0.15) is 0 Å². The number of carbonyl (C=O) groups is 3. The Balaban J connectivity index is -0.000000187. The first kappa shape index (κ1) is 37.7. The van der Waals surface area contributed by atoms with E-state index in [0.29, 0.717) is 16.7 Å². The SMILES string of the molecule is O.O.O.O=C(NO)c1ccccc1.O=C(NO)c1ccccc1.O=C(NO)c1ccccc1.[Fe]. The first-order chi connectivity index (χ1) is 14.5. The van der Waals surface area contributed by atoms with Gasteiger partial charge >= 0.3 is 0 Å². The number of nitrogens with one attached hydrogen (secondary N) is 3. The first-order valence-electron chi connectivity index (χ1n) is 8.52. The molecule has 0 fully saturated rings. The van der Waals surface area contributed by atoms with E-state index < -0.39 is 17.7 Å². The number of carbonyl (C=O) groups excluding carboxylic acids is 3. The molecule has 3 aromatic rings. The normalized spacial score (nSPS) is 7.85. The second-order valence-electron chi connectivity index (χ2n) is 5.42. The van der Waals surface area contributed by atoms with Crippen molar-refractivity contribution in [2.75, 3.05) is 0 Å². The number of benzene rings is 3. The molecule has 0 aliphatic rings. The minimum atomic E-state index is -0.486. The summed E-state index contributed by atoms with van der Waals surface area (Å²) in [6.07, 6.45) is 0. The second-order valence-corrected chi connectivity index (χ2v) is 5.42. The average molecular weight is 521 g/mol. The molecule has 0 atom stereocenters. The van der Waals surface area contributed by atoms with Crippen molar-refractivity contribution < 1.29 is 63.5 Å². The molecule has 0 aliphatic heterocycles. The summed E-state index contributed by atoms with van der Waals surface area (Å²) >= 11 is 0. The van der Waals surface area contributed by atoms with Crippen LogP contribution in [0, 0.1) is 0 Å². The Labute approximate surface area is 205 Å². The Hall–Kier alpha value is -3.65. The molecule has 3 amide bonds. The van der Waals surface area contributed by atoms with E-state index >= 15 is 0 Å². The van der Waals surface area contributed by atoms with Crippen molar-refractivity contribution in [3.63, 3.8) is 0 Å². The van der Waals surface area contributed by atoms with Crippen molar-refractivity contribution >= 4 is 17.7 Å². The van der Waals surface area contributed by atoms with Crippen LogP contribution in [0.4, 0.5) is 0 Å². The van der Waals surface area contributed by atoms with Crippen molar-refractivity contribution in [2.24, 2.45) is 0 Å². The maximum atomic E-state index is 10.7. The third kappa shape index (κ3) is 14.4. The van der Waals surface area contributed by atoms with Crippen molar-refractivity contribution in [3.8, 4) is 0 Å². The molecule has 0 saturated carbocycles. The van der Waals surface area contributed by atoms with Gasteiger partial charge in [-0.15, -0.1) is 0 Å². The van der Waals surface area contributed by atoms with E-state index in [-0.39, 0.29) is 33.5 Å². The van der Waals surface area contributed by atoms with Gasteiger partial charge in [0.25, 0.3) is 17.7 Å². The van der Waals surface area contributed by atoms with Crippen LogP contribution in [0.3, 0.4) is 0 Å². The average Bonchev–Trinajstić information content (AvgIpc) is 2.85. The molecule has 0 heterocycles. The van der Waals surface area contributed by atoms with Gasteiger partial charge in [0.2, 0.25) is 0 Å². The van der Waals surface area contributed by atoms with Crippen LogP contribution in [-0.4, -0.2) is 49.8 Å². The molecule has 0 saturated heterocycles. The van der Waals surface area contributed by atoms with Crippen LogP contribution in [0.25, 0.3) is 0 Å². The third-order valence-electron chi connectivity index (χ3n) is 3.41. The maximum absolute atomic E-state index is 10.7. The van der Waals surface area contributed by atoms with E-state index in [0.717, 1.165) is 0 Å². The van der Waals surface area contributed by atoms with Gasteiger partial charge in [-0.25, -0.2) is 16.4 Å². The maximum Gasteiger partial charge on any atom is 0.274 e. The summed E-state index contributed by atoms with van der Waals surface area (Å²) in [6.45, 7) is 0. The Morgan fingerprint density at radius 3 is 0.765 bits per heavy atom. The van der Waals surface area contributed by atoms with Gasteiger partial charge in [0.05, 0.1) is 0 Å². The molecule has 0 bridgehead atoms. The molecular weight excluding hydrogens is 494 g/mol. The van der Waals surface area contributed by atoms with Crippen LogP contribution >= 0.6 is 0 Å². The summed E-state index contributed by atoms with van der Waals surface area (Å²) in [6, 6.07) is 25.5. The predicted octanol–water partition coefficient (Wildman–Crippen LogP) is -0.0598. The summed E-state index contributed by atoms with van der Waals surface area (Å²) in [4.78, 5) is 32.0. The van der Waals surface area contributed by atoms with Gasteiger partial charge < -0.3 is 16.4 Å². The zero-order chi connectivity index (χ0) is 22.2. The van der Waals surface area contributed by atoms with E-state index in [4.69, 9.17) is 15.6 Å². The number of rotatable bonds is 3. The monoisotopic (exact) mass is 521 g/mol. The summed E-state index contributed by atoms with van der Waals surface area (Å²) in [5, 5.41) is 24.6. The summed E-state index contributed by atoms with van der Waals surface area (Å²) in [5.74, 6) is -1.46. The fraction of sp³-hybridized carbons (Fsp3) is 0. The number of amides is 3. The van der Waals surface area contributed by atoms with E-state index in [9.17, 15) is 14.4 Å². The standard InChI is InChI=1S/3C7H7NO2.Fe.3H2O/c3*9-7(8-10)6-4-2-1-3-5-6;;;;/h3*1-5,10H,(H,8,9);;3*1H2. The smallest absolute Gasteiger partial charge is 0.274 e. The van der Waals surface area contributed by atoms with Crippen molar-refractivity contribution in [1.29, 1.82) is 0 Å². The largest absolute Gasteiger partial charge is 0.412 e. The van der Waals surface area contributed by atoms with Crippen LogP contribution in [0.15, 0.2) is 91.0 Å². The Kier molecular flexibility index (Phi) is 25.0. The number of hydroxylamine groups is 3. The number of hydrogen-bond acceptors (Lipinski definition) is 6. The van der Waals surface area contributed by atoms with E-state index in [1.54, 1.807) is 107 Å². The number of hydrogen-bond donors (Lipinski definition) is 6. The quantitative estimate of drug-likeness (QED) is 0.156. The molecule has 0 radical (unpaired) electrons. The van der Waals surface area contributed by atoms with Gasteiger partial charge in [-0.3, -0.25) is 30.0 Å². The Morgan fingerprint density at radius 2 is 0.618 bits per heavy atom. The molecule has 0 spiro atoms. The fourth-order valence-corrected chi connectivity index (χ4v) is 1.96. The van der Waals surface area contributed by atoms with Crippen LogP contribution in [0.1, 0.15) is 31.1 Å². The van der Waals surface area contributed by atoms with Gasteiger partial charge in [-0.2, -0.15) is 0 Å². The Morgan fingerprint density at radius 1 is 0.441 bits per heavy atom. The van der Waals surface area contributed by atoms with Crippen LogP contribution in [0.2, 0.25) is 0 Å². The summed E-state index contributed by atoms with van der Waals surface area (Å²) in [7, 11) is 0. The second kappa shape index (κ2) is 22.5. The molecular formula is C21H27FeN3O9. The van der Waals surface area contributed by atoms with Crippen molar-refractivity contribution in [3.05, 3.63) is 108 Å². The fourth-order valence-electron chi connectivity index (χ4n) is 1.96. The molecule has 0 unspecified atom stereocenters. The van der Waals surface area contributed by atoms with E-state index in [2.05, 4.69) is 0 Å². The molecule has 3 rings (SSSR count). The van der Waals surface area contributed by atoms with Crippen LogP contribution in [0.5, 0.6) is 0 Å². The molecule has 0 aromatic heterocycles. The third-order valence-corrected chi connectivity index (χ3v) is 3.41. The molecule has 12 nitrogen and oxygen atoms in total. The molecule has 34 heavy (non-hydrogen) atoms. The van der Waals surface area contributed by atoms with Crippen molar-refractivity contribution in [2.45, 2.75) is 0 Å². The summed E-state index contributed by atoms with van der Waals surface area (Å²) in [5.41, 5.74) is 5.97. The molecule has 188 valence electrons. The predicted molar refractivity (Wildman–Crippen MR) is 118 cm³/mol. The zero-order valence-electron chi connectivity index (χ0n) is 17.6. The first-order valence-corrected chi connectivity index (χ1v) is 8.52. The molecule has 0 aliphatic carbocycles. The van der Waals surface area contributed by atoms with Crippen LogP contribution in [-0.2, 0) is 17.1 Å². The molecule has 12 N–H and O–H groups in total. The zero-order valence-corrected chi connectivity index (χ0v) is 18.7. The van der Waals surface area contributed by atoms with Gasteiger partial charge in [-0.05, 0) is 36.4 Å². The minimum Gasteiger partial charge on any atom is -0.412 e. The van der Waals surface area contributed by atoms with Gasteiger partial charge in [-0.1, -0.05) is 54.6 Å². The van der Waals surface area contributed by atoms with E-state index in [1.165, 1.54) is 0 Å². The van der Waals surface area contributed by atoms with Gasteiger partial charge in [0, 0.05) is 33.8 Å². The summed E-state index contributed by atoms with van der Waals surface area (Å²) < 4.78 is 0. The van der Waals surface area contributed by atoms with E-state index in [1.807, 2.05) is 0 Å². The van der Waals surface area contributed by atoms with Crippen molar-refractivity contribution in [1.82, 2.24) is 16.4 Å².